The third-order valence-corrected chi connectivity index (χ3v) is 7.10. The Morgan fingerprint density at radius 1 is 0.533 bits per heavy atom. The normalized spacial score (nSPS) is 13.2. The second kappa shape index (κ2) is 5.01. The number of para-hydroxylation sites is 2. The number of aromatic nitrogens is 1. The monoisotopic (exact) mass is 379 g/mol. The van der Waals surface area contributed by atoms with E-state index in [1.54, 1.807) is 0 Å². The number of fused-ring (bicyclic) bond motifs is 12. The third-order valence-electron chi connectivity index (χ3n) is 7.10. The molecular formula is C29H17N. The van der Waals surface area contributed by atoms with Gasteiger partial charge in [-0.3, -0.25) is 0 Å². The highest BCUT2D eigenvalue weighted by Crippen LogP contribution is 2.50. The van der Waals surface area contributed by atoms with E-state index in [4.69, 9.17) is 0 Å². The fraction of sp³-hybridized carbons (Fsp3) is 0.0345. The molecule has 8 rings (SSSR count). The van der Waals surface area contributed by atoms with Gasteiger partial charge in [-0.25, -0.2) is 0 Å². The summed E-state index contributed by atoms with van der Waals surface area (Å²) in [5, 5.41) is 8.21. The lowest BCUT2D eigenvalue weighted by Gasteiger charge is -2.09. The quantitative estimate of drug-likeness (QED) is 0.256. The summed E-state index contributed by atoms with van der Waals surface area (Å²) in [5.41, 5.74) is 9.78. The standard InChI is InChI=1S/C29H17N/c1-2-8-20-17(7-1)13-14-18-15-19-16-23-21-9-3-5-11-24(21)30-25-12-6-4-10-22(25)28(29(23)30)27(19)26(18)20/h1-14,16H,15H2. The lowest BCUT2D eigenvalue weighted by molar-refractivity contribution is 1.27. The Kier molecular flexibility index (Phi) is 2.51. The van der Waals surface area contributed by atoms with Gasteiger partial charge < -0.3 is 4.40 Å². The molecule has 0 spiro atoms. The molecule has 0 saturated carbocycles. The zero-order valence-electron chi connectivity index (χ0n) is 16.3. The van der Waals surface area contributed by atoms with Crippen LogP contribution >= 0.6 is 0 Å². The molecule has 5 aromatic carbocycles. The summed E-state index contributed by atoms with van der Waals surface area (Å²) in [4.78, 5) is 0. The van der Waals surface area contributed by atoms with Gasteiger partial charge in [0.25, 0.3) is 0 Å². The molecule has 0 bridgehead atoms. The second-order valence-corrected chi connectivity index (χ2v) is 8.55. The summed E-state index contributed by atoms with van der Waals surface area (Å²) in [7, 11) is 0. The van der Waals surface area contributed by atoms with Gasteiger partial charge in [0.1, 0.15) is 0 Å². The highest BCUT2D eigenvalue weighted by atomic mass is 14.9. The highest BCUT2D eigenvalue weighted by molar-refractivity contribution is 6.29. The van der Waals surface area contributed by atoms with Gasteiger partial charge in [0.2, 0.25) is 0 Å². The topological polar surface area (TPSA) is 4.41 Å². The van der Waals surface area contributed by atoms with Crippen LogP contribution in [0.15, 0.2) is 91.0 Å². The van der Waals surface area contributed by atoms with Crippen molar-refractivity contribution < 1.29 is 0 Å². The van der Waals surface area contributed by atoms with Gasteiger partial charge in [0.05, 0.1) is 16.6 Å². The SMILES string of the molecule is c1ccc2c3c(ccc2c1)Cc1cc2c4ccccc4n4c5ccccc5c(c1-3)c24. The molecule has 1 aliphatic carbocycles. The van der Waals surface area contributed by atoms with Crippen molar-refractivity contribution in [3.8, 4) is 11.1 Å². The summed E-state index contributed by atoms with van der Waals surface area (Å²) in [5.74, 6) is 0. The van der Waals surface area contributed by atoms with Gasteiger partial charge in [0, 0.05) is 21.5 Å². The van der Waals surface area contributed by atoms with E-state index in [0.717, 1.165) is 6.42 Å². The number of benzene rings is 5. The molecule has 30 heavy (non-hydrogen) atoms. The molecule has 2 heterocycles. The Hall–Kier alpha value is -3.84. The van der Waals surface area contributed by atoms with E-state index in [-0.39, 0.29) is 0 Å². The lowest BCUT2D eigenvalue weighted by atomic mass is 9.93. The Labute approximate surface area is 173 Å². The first kappa shape index (κ1) is 15.1. The number of hydrogen-bond acceptors (Lipinski definition) is 0. The average Bonchev–Trinajstić information content (AvgIpc) is 3.44. The van der Waals surface area contributed by atoms with E-state index in [0.29, 0.717) is 0 Å². The van der Waals surface area contributed by atoms with Crippen LogP contribution in [0, 0.1) is 0 Å². The molecule has 2 aromatic heterocycles. The van der Waals surface area contributed by atoms with Gasteiger partial charge in [-0.05, 0) is 57.6 Å². The fourth-order valence-corrected chi connectivity index (χ4v) is 5.96. The van der Waals surface area contributed by atoms with Crippen LogP contribution in [-0.4, -0.2) is 4.40 Å². The van der Waals surface area contributed by atoms with E-state index in [1.807, 2.05) is 0 Å². The Morgan fingerprint density at radius 2 is 1.23 bits per heavy atom. The molecule has 0 atom stereocenters. The number of rotatable bonds is 0. The van der Waals surface area contributed by atoms with Crippen molar-refractivity contribution in [2.45, 2.75) is 6.42 Å². The van der Waals surface area contributed by atoms with Gasteiger partial charge >= 0.3 is 0 Å². The minimum absolute atomic E-state index is 1.01. The fourth-order valence-electron chi connectivity index (χ4n) is 5.96. The molecule has 0 radical (unpaired) electrons. The second-order valence-electron chi connectivity index (χ2n) is 8.55. The summed E-state index contributed by atoms with van der Waals surface area (Å²) < 4.78 is 2.48. The molecule has 0 amide bonds. The van der Waals surface area contributed by atoms with E-state index in [9.17, 15) is 0 Å². The molecule has 0 fully saturated rings. The van der Waals surface area contributed by atoms with Crippen LogP contribution in [0.25, 0.3) is 60.0 Å². The zero-order valence-corrected chi connectivity index (χ0v) is 16.3. The van der Waals surface area contributed by atoms with E-state index < -0.39 is 0 Å². The van der Waals surface area contributed by atoms with Crippen molar-refractivity contribution in [2.24, 2.45) is 0 Å². The van der Waals surface area contributed by atoms with Crippen LogP contribution in [0.5, 0.6) is 0 Å². The molecule has 1 heteroatoms. The number of hydrogen-bond donors (Lipinski definition) is 0. The third kappa shape index (κ3) is 1.59. The van der Waals surface area contributed by atoms with Crippen molar-refractivity contribution in [3.05, 3.63) is 102 Å². The predicted molar refractivity (Wildman–Crippen MR) is 127 cm³/mol. The molecule has 0 saturated heterocycles. The maximum atomic E-state index is 2.48. The molecular weight excluding hydrogens is 362 g/mol. The molecule has 0 N–H and O–H groups in total. The van der Waals surface area contributed by atoms with Gasteiger partial charge in [-0.15, -0.1) is 0 Å². The van der Waals surface area contributed by atoms with Crippen LogP contribution in [0.2, 0.25) is 0 Å². The van der Waals surface area contributed by atoms with Crippen molar-refractivity contribution in [3.63, 3.8) is 0 Å². The van der Waals surface area contributed by atoms with Crippen molar-refractivity contribution in [1.29, 1.82) is 0 Å². The van der Waals surface area contributed by atoms with Crippen LogP contribution in [0.4, 0.5) is 0 Å². The minimum Gasteiger partial charge on any atom is -0.308 e. The average molecular weight is 379 g/mol. The van der Waals surface area contributed by atoms with Crippen LogP contribution in [0.3, 0.4) is 0 Å². The largest absolute Gasteiger partial charge is 0.308 e. The van der Waals surface area contributed by atoms with Crippen LogP contribution in [-0.2, 0) is 6.42 Å². The van der Waals surface area contributed by atoms with Gasteiger partial charge in [-0.2, -0.15) is 0 Å². The summed E-state index contributed by atoms with van der Waals surface area (Å²) in [6.07, 6.45) is 1.01. The van der Waals surface area contributed by atoms with Crippen molar-refractivity contribution in [1.82, 2.24) is 4.40 Å². The molecule has 1 aliphatic rings. The minimum atomic E-state index is 1.01. The van der Waals surface area contributed by atoms with E-state index >= 15 is 0 Å². The summed E-state index contributed by atoms with van der Waals surface area (Å²) >= 11 is 0. The molecule has 0 unspecified atom stereocenters. The van der Waals surface area contributed by atoms with E-state index in [1.165, 1.54) is 71.1 Å². The van der Waals surface area contributed by atoms with Gasteiger partial charge in [-0.1, -0.05) is 72.8 Å². The first-order valence-corrected chi connectivity index (χ1v) is 10.6. The first-order chi connectivity index (χ1) is 14.9. The first-order valence-electron chi connectivity index (χ1n) is 10.6. The smallest absolute Gasteiger partial charge is 0.0626 e. The van der Waals surface area contributed by atoms with Crippen LogP contribution < -0.4 is 0 Å². The highest BCUT2D eigenvalue weighted by Gasteiger charge is 2.28. The summed E-state index contributed by atoms with van der Waals surface area (Å²) in [6.45, 7) is 0. The van der Waals surface area contributed by atoms with Crippen molar-refractivity contribution >= 4 is 48.9 Å². The predicted octanol–water partition coefficient (Wildman–Crippen LogP) is 7.56. The van der Waals surface area contributed by atoms with Crippen molar-refractivity contribution in [2.75, 3.05) is 0 Å². The Balaban J connectivity index is 1.71. The molecule has 1 nitrogen and oxygen atoms in total. The molecule has 0 aliphatic heterocycles. The van der Waals surface area contributed by atoms with Crippen LogP contribution in [0.1, 0.15) is 11.1 Å². The Bertz CT molecular complexity index is 1820. The lowest BCUT2D eigenvalue weighted by Crippen LogP contribution is -1.83. The van der Waals surface area contributed by atoms with E-state index in [2.05, 4.69) is 95.4 Å². The zero-order chi connectivity index (χ0) is 19.4. The van der Waals surface area contributed by atoms with Gasteiger partial charge in [0.15, 0.2) is 0 Å². The maximum absolute atomic E-state index is 2.48. The maximum Gasteiger partial charge on any atom is 0.0626 e. The molecule has 138 valence electrons. The number of nitrogens with zero attached hydrogens (tertiary/aromatic N) is 1. The summed E-state index contributed by atoms with van der Waals surface area (Å²) in [6, 6.07) is 33.7. The Morgan fingerprint density at radius 3 is 2.10 bits per heavy atom. The molecule has 7 aromatic rings.